The van der Waals surface area contributed by atoms with Crippen LogP contribution in [0.25, 0.3) is 9.40 Å². The number of fused-ring (bicyclic) bond motifs is 1. The number of amides is 1. The maximum atomic E-state index is 12.6. The van der Waals surface area contributed by atoms with Crippen molar-refractivity contribution in [3.05, 3.63) is 22.4 Å². The van der Waals surface area contributed by atoms with Gasteiger partial charge in [-0.05, 0) is 23.9 Å². The minimum absolute atomic E-state index is 0.105. The van der Waals surface area contributed by atoms with Gasteiger partial charge in [-0.1, -0.05) is 12.1 Å². The maximum Gasteiger partial charge on any atom is 0.264 e. The number of thiophene rings is 2. The first kappa shape index (κ1) is 13.6. The predicted octanol–water partition coefficient (Wildman–Crippen LogP) is 3.67. The lowest BCUT2D eigenvalue weighted by Gasteiger charge is -2.32. The number of hydrogen-bond donors (Lipinski definition) is 1. The summed E-state index contributed by atoms with van der Waals surface area (Å²) in [5.41, 5.74) is 0.823. The molecule has 1 aliphatic heterocycles. The van der Waals surface area contributed by atoms with Crippen LogP contribution >= 0.6 is 22.7 Å². The molecule has 1 saturated heterocycles. The Morgan fingerprint density at radius 1 is 1.55 bits per heavy atom. The largest absolute Gasteiger partial charge is 0.411 e. The molecule has 3 heterocycles. The smallest absolute Gasteiger partial charge is 0.264 e. The second-order valence-electron chi connectivity index (χ2n) is 4.96. The SMILES string of the molecule is CCC1CN(C(=O)c2cc3sccc3s2)CC/C1=N\O. The highest BCUT2D eigenvalue weighted by Crippen LogP contribution is 2.31. The highest BCUT2D eigenvalue weighted by molar-refractivity contribution is 7.27. The van der Waals surface area contributed by atoms with Crippen molar-refractivity contribution in [2.24, 2.45) is 11.1 Å². The topological polar surface area (TPSA) is 52.9 Å². The van der Waals surface area contributed by atoms with E-state index in [1.54, 1.807) is 22.7 Å². The number of carbonyl (C=O) groups excluding carboxylic acids is 1. The van der Waals surface area contributed by atoms with Gasteiger partial charge in [0, 0.05) is 34.8 Å². The Balaban J connectivity index is 1.79. The van der Waals surface area contributed by atoms with Crippen LogP contribution in [0.1, 0.15) is 29.4 Å². The van der Waals surface area contributed by atoms with Gasteiger partial charge in [0.15, 0.2) is 0 Å². The van der Waals surface area contributed by atoms with E-state index in [4.69, 9.17) is 5.21 Å². The molecular formula is C14H16N2O2S2. The fourth-order valence-corrected chi connectivity index (χ4v) is 4.70. The number of rotatable bonds is 2. The van der Waals surface area contributed by atoms with E-state index < -0.39 is 0 Å². The highest BCUT2D eigenvalue weighted by atomic mass is 32.1. The van der Waals surface area contributed by atoms with Crippen LogP contribution in [0.2, 0.25) is 0 Å². The first-order chi connectivity index (χ1) is 9.72. The quantitative estimate of drug-likeness (QED) is 0.680. The molecule has 2 aromatic heterocycles. The molecule has 4 nitrogen and oxygen atoms in total. The highest BCUT2D eigenvalue weighted by Gasteiger charge is 2.29. The zero-order valence-corrected chi connectivity index (χ0v) is 12.8. The van der Waals surface area contributed by atoms with Gasteiger partial charge >= 0.3 is 0 Å². The molecule has 106 valence electrons. The lowest BCUT2D eigenvalue weighted by atomic mass is 9.93. The third kappa shape index (κ3) is 2.33. The summed E-state index contributed by atoms with van der Waals surface area (Å²) in [7, 11) is 0. The molecule has 3 rings (SSSR count). The summed E-state index contributed by atoms with van der Waals surface area (Å²) in [6.07, 6.45) is 1.56. The van der Waals surface area contributed by atoms with Crippen LogP contribution in [-0.4, -0.2) is 34.8 Å². The number of oxime groups is 1. The number of carbonyl (C=O) groups is 1. The van der Waals surface area contributed by atoms with E-state index in [1.807, 2.05) is 16.3 Å². The van der Waals surface area contributed by atoms with Gasteiger partial charge in [-0.3, -0.25) is 4.79 Å². The van der Waals surface area contributed by atoms with Crippen LogP contribution in [0.15, 0.2) is 22.7 Å². The van der Waals surface area contributed by atoms with Crippen LogP contribution < -0.4 is 0 Å². The van der Waals surface area contributed by atoms with Crippen LogP contribution in [-0.2, 0) is 0 Å². The average Bonchev–Trinajstić information content (AvgIpc) is 3.06. The van der Waals surface area contributed by atoms with E-state index >= 15 is 0 Å². The molecule has 0 saturated carbocycles. The third-order valence-electron chi connectivity index (χ3n) is 3.81. The monoisotopic (exact) mass is 308 g/mol. The van der Waals surface area contributed by atoms with E-state index in [2.05, 4.69) is 18.1 Å². The Morgan fingerprint density at radius 3 is 3.10 bits per heavy atom. The molecule has 20 heavy (non-hydrogen) atoms. The van der Waals surface area contributed by atoms with Gasteiger partial charge in [-0.25, -0.2) is 0 Å². The van der Waals surface area contributed by atoms with Gasteiger partial charge in [0.25, 0.3) is 5.91 Å². The van der Waals surface area contributed by atoms with Crippen LogP contribution in [0, 0.1) is 5.92 Å². The maximum absolute atomic E-state index is 12.6. The summed E-state index contributed by atoms with van der Waals surface area (Å²) in [5, 5.41) is 14.4. The van der Waals surface area contributed by atoms with Crippen molar-refractivity contribution in [1.29, 1.82) is 0 Å². The van der Waals surface area contributed by atoms with Crippen molar-refractivity contribution in [3.8, 4) is 0 Å². The normalized spacial score (nSPS) is 21.8. The van der Waals surface area contributed by atoms with E-state index in [1.165, 1.54) is 9.40 Å². The summed E-state index contributed by atoms with van der Waals surface area (Å²) >= 11 is 3.23. The summed E-state index contributed by atoms with van der Waals surface area (Å²) in [4.78, 5) is 15.3. The molecule has 1 N–H and O–H groups in total. The standard InChI is InChI=1S/C14H16N2O2S2/c1-2-9-8-16(5-3-10(9)15-18)14(17)13-7-12-11(20-13)4-6-19-12/h4,6-7,9,18H,2-3,5,8H2,1H3/b15-10+. The molecule has 0 aliphatic carbocycles. The number of hydrogen-bond acceptors (Lipinski definition) is 5. The number of piperidine rings is 1. The minimum atomic E-state index is 0.105. The zero-order valence-electron chi connectivity index (χ0n) is 11.2. The van der Waals surface area contributed by atoms with E-state index in [0.717, 1.165) is 17.0 Å². The van der Waals surface area contributed by atoms with Gasteiger partial charge in [0.1, 0.15) is 0 Å². The molecule has 1 amide bonds. The van der Waals surface area contributed by atoms with Crippen molar-refractivity contribution in [2.45, 2.75) is 19.8 Å². The predicted molar refractivity (Wildman–Crippen MR) is 83.2 cm³/mol. The van der Waals surface area contributed by atoms with E-state index in [-0.39, 0.29) is 11.8 Å². The van der Waals surface area contributed by atoms with Crippen molar-refractivity contribution in [2.75, 3.05) is 13.1 Å². The first-order valence-electron chi connectivity index (χ1n) is 6.70. The van der Waals surface area contributed by atoms with Crippen LogP contribution in [0.4, 0.5) is 0 Å². The Morgan fingerprint density at radius 2 is 2.40 bits per heavy atom. The molecule has 0 spiro atoms. The third-order valence-corrected chi connectivity index (χ3v) is 5.89. The molecule has 2 aromatic rings. The second kappa shape index (κ2) is 5.54. The Kier molecular flexibility index (Phi) is 3.76. The molecule has 1 fully saturated rings. The summed E-state index contributed by atoms with van der Waals surface area (Å²) in [6, 6.07) is 4.05. The van der Waals surface area contributed by atoms with Crippen molar-refractivity contribution < 1.29 is 10.0 Å². The first-order valence-corrected chi connectivity index (χ1v) is 8.39. The second-order valence-corrected chi connectivity index (χ2v) is 6.99. The molecule has 0 radical (unpaired) electrons. The average molecular weight is 308 g/mol. The van der Waals surface area contributed by atoms with Crippen LogP contribution in [0.3, 0.4) is 0 Å². The molecular weight excluding hydrogens is 292 g/mol. The minimum Gasteiger partial charge on any atom is -0.411 e. The van der Waals surface area contributed by atoms with E-state index in [9.17, 15) is 4.79 Å². The van der Waals surface area contributed by atoms with Gasteiger partial charge in [-0.2, -0.15) is 0 Å². The van der Waals surface area contributed by atoms with Crippen molar-refractivity contribution in [3.63, 3.8) is 0 Å². The fraction of sp³-hybridized carbons (Fsp3) is 0.429. The fourth-order valence-electron chi connectivity index (χ4n) is 2.62. The Labute approximate surface area is 125 Å². The van der Waals surface area contributed by atoms with Gasteiger partial charge < -0.3 is 10.1 Å². The lowest BCUT2D eigenvalue weighted by Crippen LogP contribution is -2.43. The molecule has 1 unspecified atom stereocenters. The van der Waals surface area contributed by atoms with Crippen LogP contribution in [0.5, 0.6) is 0 Å². The van der Waals surface area contributed by atoms with Gasteiger partial charge in [0.05, 0.1) is 10.6 Å². The Hall–Kier alpha value is -1.40. The van der Waals surface area contributed by atoms with Gasteiger partial charge in [0.2, 0.25) is 0 Å². The lowest BCUT2D eigenvalue weighted by molar-refractivity contribution is 0.0734. The molecule has 0 aromatic carbocycles. The summed E-state index contributed by atoms with van der Waals surface area (Å²) in [5.74, 6) is 0.285. The molecule has 0 bridgehead atoms. The van der Waals surface area contributed by atoms with Crippen molar-refractivity contribution in [1.82, 2.24) is 4.90 Å². The molecule has 1 aliphatic rings. The zero-order chi connectivity index (χ0) is 14.1. The van der Waals surface area contributed by atoms with Gasteiger partial charge in [-0.15, -0.1) is 22.7 Å². The Bertz CT molecular complexity index is 630. The van der Waals surface area contributed by atoms with Crippen molar-refractivity contribution >= 4 is 43.7 Å². The number of likely N-dealkylation sites (tertiary alicyclic amines) is 1. The summed E-state index contributed by atoms with van der Waals surface area (Å²) in [6.45, 7) is 3.35. The molecule has 6 heteroatoms. The number of nitrogens with zero attached hydrogens (tertiary/aromatic N) is 2. The molecule has 1 atom stereocenters. The van der Waals surface area contributed by atoms with E-state index in [0.29, 0.717) is 19.5 Å². The summed E-state index contributed by atoms with van der Waals surface area (Å²) < 4.78 is 2.36.